The van der Waals surface area contributed by atoms with E-state index in [0.29, 0.717) is 24.2 Å². The van der Waals surface area contributed by atoms with E-state index in [4.69, 9.17) is 9.97 Å². The standard InChI is InChI=1S/C49H61N9O2/c59-48(53-28-34-57-30-9-1-10-31-57)40-20-13-18-38-44(36-16-3-5-22-42(36)55-46(38)40)51-26-8-7-24-50-25-15-27-52-45-37-17-4-6-23-43(37)56-47-39(45)19-14-21-41(47)49(60)54-29-35-58-32-11-2-12-33-58/h3-6,13-14,16-23,50H,1-2,7-12,15,24-35H2,(H,51,55)(H,52,56)(H,53,59)(H,54,60). The molecular formula is C49H61N9O2. The molecule has 2 aliphatic rings. The van der Waals surface area contributed by atoms with E-state index in [-0.39, 0.29) is 11.8 Å². The Bertz CT molecular complexity index is 2220. The molecule has 0 spiro atoms. The Morgan fingerprint density at radius 2 is 0.900 bits per heavy atom. The van der Waals surface area contributed by atoms with Crippen molar-refractivity contribution in [3.05, 3.63) is 96.1 Å². The Balaban J connectivity index is 0.818. The van der Waals surface area contributed by atoms with Crippen LogP contribution in [0.3, 0.4) is 0 Å². The van der Waals surface area contributed by atoms with Gasteiger partial charge in [-0.05, 0) is 108 Å². The Kier molecular flexibility index (Phi) is 14.3. The molecule has 0 atom stereocenters. The van der Waals surface area contributed by atoms with Gasteiger partial charge < -0.3 is 36.4 Å². The number of aromatic nitrogens is 2. The SMILES string of the molecule is O=C(NCCN1CCCCC1)c1cccc2c(NCCCCNCCCNc3c4ccccc4nc4c(C(=O)NCCN5CCCCC5)cccc34)c3ccccc3nc12. The van der Waals surface area contributed by atoms with Crippen LogP contribution in [0.15, 0.2) is 84.9 Å². The van der Waals surface area contributed by atoms with Crippen molar-refractivity contribution in [2.24, 2.45) is 0 Å². The number of piperidine rings is 2. The molecule has 0 saturated carbocycles. The van der Waals surface area contributed by atoms with Crippen molar-refractivity contribution in [3.63, 3.8) is 0 Å². The number of fused-ring (bicyclic) bond motifs is 4. The molecule has 60 heavy (non-hydrogen) atoms. The van der Waals surface area contributed by atoms with E-state index in [9.17, 15) is 9.59 Å². The van der Waals surface area contributed by atoms with Crippen LogP contribution < -0.4 is 26.6 Å². The van der Waals surface area contributed by atoms with Crippen molar-refractivity contribution in [2.75, 3.05) is 89.2 Å². The summed E-state index contributed by atoms with van der Waals surface area (Å²) in [6, 6.07) is 28.2. The Morgan fingerprint density at radius 3 is 1.42 bits per heavy atom. The number of nitrogens with one attached hydrogen (secondary N) is 5. The number of rotatable bonds is 19. The van der Waals surface area contributed by atoms with Crippen LogP contribution in [-0.2, 0) is 0 Å². The predicted octanol–water partition coefficient (Wildman–Crippen LogP) is 7.80. The first-order valence-electron chi connectivity index (χ1n) is 22.5. The molecule has 2 aromatic heterocycles. The summed E-state index contributed by atoms with van der Waals surface area (Å²) in [5.74, 6) is -0.136. The lowest BCUT2D eigenvalue weighted by molar-refractivity contribution is 0.0940. The third-order valence-corrected chi connectivity index (χ3v) is 12.2. The first-order chi connectivity index (χ1) is 29.6. The van der Waals surface area contributed by atoms with Gasteiger partial charge in [-0.2, -0.15) is 0 Å². The van der Waals surface area contributed by atoms with E-state index in [0.717, 1.165) is 140 Å². The van der Waals surface area contributed by atoms with Crippen molar-refractivity contribution in [1.29, 1.82) is 0 Å². The Labute approximate surface area is 354 Å². The average molecular weight is 808 g/mol. The zero-order valence-electron chi connectivity index (χ0n) is 35.0. The second-order valence-electron chi connectivity index (χ2n) is 16.4. The molecule has 2 aliphatic heterocycles. The van der Waals surface area contributed by atoms with Gasteiger partial charge in [-0.15, -0.1) is 0 Å². The Morgan fingerprint density at radius 1 is 0.467 bits per heavy atom. The number of likely N-dealkylation sites (tertiary alicyclic amines) is 2. The van der Waals surface area contributed by atoms with Crippen LogP contribution in [0, 0.1) is 0 Å². The minimum atomic E-state index is -0.0689. The normalized spacial score (nSPS) is 15.1. The average Bonchev–Trinajstić information content (AvgIpc) is 3.29. The van der Waals surface area contributed by atoms with Crippen LogP contribution in [0.25, 0.3) is 43.6 Å². The third-order valence-electron chi connectivity index (χ3n) is 12.2. The summed E-state index contributed by atoms with van der Waals surface area (Å²) in [7, 11) is 0. The van der Waals surface area contributed by atoms with Gasteiger partial charge in [0.05, 0.1) is 44.6 Å². The topological polar surface area (TPSA) is 127 Å². The van der Waals surface area contributed by atoms with E-state index in [2.05, 4.69) is 60.6 Å². The lowest BCUT2D eigenvalue weighted by atomic mass is 10.0. The number of hydrogen-bond acceptors (Lipinski definition) is 9. The zero-order chi connectivity index (χ0) is 40.9. The summed E-state index contributed by atoms with van der Waals surface area (Å²) < 4.78 is 0. The molecule has 2 saturated heterocycles. The molecule has 0 bridgehead atoms. The van der Waals surface area contributed by atoms with Crippen LogP contribution in [-0.4, -0.2) is 110 Å². The first kappa shape index (κ1) is 41.4. The van der Waals surface area contributed by atoms with Gasteiger partial charge >= 0.3 is 0 Å². The summed E-state index contributed by atoms with van der Waals surface area (Å²) >= 11 is 0. The number of benzene rings is 4. The summed E-state index contributed by atoms with van der Waals surface area (Å²) in [5, 5.41) is 21.5. The molecule has 11 heteroatoms. The van der Waals surface area contributed by atoms with Gasteiger partial charge in [0.2, 0.25) is 0 Å². The van der Waals surface area contributed by atoms with E-state index in [1.165, 1.54) is 38.5 Å². The smallest absolute Gasteiger partial charge is 0.253 e. The van der Waals surface area contributed by atoms with Crippen molar-refractivity contribution >= 4 is 66.8 Å². The second-order valence-corrected chi connectivity index (χ2v) is 16.4. The van der Waals surface area contributed by atoms with E-state index in [1.54, 1.807) is 0 Å². The molecule has 11 nitrogen and oxygen atoms in total. The maximum Gasteiger partial charge on any atom is 0.253 e. The molecule has 2 fully saturated rings. The van der Waals surface area contributed by atoms with Gasteiger partial charge in [-0.1, -0.05) is 73.5 Å². The number of hydrogen-bond donors (Lipinski definition) is 5. The number of para-hydroxylation sites is 4. The van der Waals surface area contributed by atoms with E-state index >= 15 is 0 Å². The van der Waals surface area contributed by atoms with E-state index in [1.807, 2.05) is 60.7 Å². The number of unbranched alkanes of at least 4 members (excludes halogenated alkanes) is 1. The number of pyridine rings is 2. The van der Waals surface area contributed by atoms with Crippen molar-refractivity contribution in [2.45, 2.75) is 57.8 Å². The number of nitrogens with zero attached hydrogens (tertiary/aromatic N) is 4. The molecule has 4 aromatic carbocycles. The highest BCUT2D eigenvalue weighted by atomic mass is 16.2. The number of anilines is 2. The molecule has 0 aliphatic carbocycles. The molecule has 0 unspecified atom stereocenters. The summed E-state index contributed by atoms with van der Waals surface area (Å²) in [6.45, 7) is 11.0. The first-order valence-corrected chi connectivity index (χ1v) is 22.5. The predicted molar refractivity (Wildman–Crippen MR) is 247 cm³/mol. The maximum absolute atomic E-state index is 13.4. The highest BCUT2D eigenvalue weighted by Crippen LogP contribution is 2.34. The largest absolute Gasteiger partial charge is 0.384 e. The van der Waals surface area contributed by atoms with E-state index < -0.39 is 0 Å². The van der Waals surface area contributed by atoms with Crippen LogP contribution >= 0.6 is 0 Å². The van der Waals surface area contributed by atoms with Crippen LogP contribution in [0.1, 0.15) is 78.5 Å². The minimum Gasteiger partial charge on any atom is -0.384 e. The molecule has 0 radical (unpaired) electrons. The van der Waals surface area contributed by atoms with Crippen molar-refractivity contribution in [1.82, 2.24) is 35.7 Å². The molecule has 2 amide bonds. The number of amides is 2. The van der Waals surface area contributed by atoms with Gasteiger partial charge in [0.1, 0.15) is 0 Å². The van der Waals surface area contributed by atoms with Gasteiger partial charge in [0.15, 0.2) is 0 Å². The Hall–Kier alpha value is -5.36. The monoisotopic (exact) mass is 807 g/mol. The fourth-order valence-electron chi connectivity index (χ4n) is 8.93. The molecular weight excluding hydrogens is 747 g/mol. The van der Waals surface area contributed by atoms with Crippen LogP contribution in [0.4, 0.5) is 11.4 Å². The highest BCUT2D eigenvalue weighted by molar-refractivity contribution is 6.15. The molecule has 4 heterocycles. The molecule has 314 valence electrons. The number of carbonyl (C=O) groups excluding carboxylic acids is 2. The third kappa shape index (κ3) is 10.1. The van der Waals surface area contributed by atoms with Gasteiger partial charge in [0.25, 0.3) is 11.8 Å². The molecule has 5 N–H and O–H groups in total. The molecule has 8 rings (SSSR count). The number of carbonyl (C=O) groups is 2. The summed E-state index contributed by atoms with van der Waals surface area (Å²) in [4.78, 5) is 41.7. The maximum atomic E-state index is 13.4. The van der Waals surface area contributed by atoms with Crippen molar-refractivity contribution < 1.29 is 9.59 Å². The van der Waals surface area contributed by atoms with Gasteiger partial charge in [-0.25, -0.2) is 9.97 Å². The highest BCUT2D eigenvalue weighted by Gasteiger charge is 2.19. The fraction of sp³-hybridized carbons (Fsp3) is 0.429. The molecule has 6 aromatic rings. The minimum absolute atomic E-state index is 0.0672. The lowest BCUT2D eigenvalue weighted by Crippen LogP contribution is -2.37. The van der Waals surface area contributed by atoms with Gasteiger partial charge in [-0.3, -0.25) is 9.59 Å². The summed E-state index contributed by atoms with van der Waals surface area (Å²) in [6.07, 6.45) is 10.6. The lowest BCUT2D eigenvalue weighted by Gasteiger charge is -2.26. The van der Waals surface area contributed by atoms with Crippen molar-refractivity contribution in [3.8, 4) is 0 Å². The fourth-order valence-corrected chi connectivity index (χ4v) is 8.93. The second kappa shape index (κ2) is 20.7. The summed E-state index contributed by atoms with van der Waals surface area (Å²) in [5.41, 5.74) is 6.54. The van der Waals surface area contributed by atoms with Crippen LogP contribution in [0.5, 0.6) is 0 Å². The van der Waals surface area contributed by atoms with Gasteiger partial charge in [0, 0.05) is 60.8 Å². The van der Waals surface area contributed by atoms with Crippen LogP contribution in [0.2, 0.25) is 0 Å². The quantitative estimate of drug-likeness (QED) is 0.0412. The zero-order valence-corrected chi connectivity index (χ0v) is 35.0.